The Balaban J connectivity index is 3.95. The molecule has 0 saturated heterocycles. The number of carbonyl (C=O) groups excluding carboxylic acids is 2. The molecule has 0 heterocycles. The summed E-state index contributed by atoms with van der Waals surface area (Å²) in [4.78, 5) is 37.9. The largest absolute Gasteiger partial charge is 0.756 e. The van der Waals surface area contributed by atoms with Crippen molar-refractivity contribution in [2.24, 2.45) is 0 Å². The molecule has 0 N–H and O–H groups in total. The Kier molecular flexibility index (Phi) is 57.2. The number of phosphoric acid groups is 1. The van der Waals surface area contributed by atoms with Gasteiger partial charge in [0.05, 0.1) is 27.7 Å². The molecule has 0 aromatic carbocycles. The maximum atomic E-state index is 12.8. The van der Waals surface area contributed by atoms with Crippen molar-refractivity contribution in [1.82, 2.24) is 0 Å². The third-order valence-electron chi connectivity index (χ3n) is 14.2. The number of unbranched alkanes of at least 4 members (excludes halogenated alkanes) is 34. The molecule has 454 valence electrons. The number of hydrogen-bond donors (Lipinski definition) is 0. The molecule has 0 radical (unpaired) electrons. The first-order valence-corrected chi connectivity index (χ1v) is 34.1. The number of esters is 2. The quantitative estimate of drug-likeness (QED) is 0.0195. The van der Waals surface area contributed by atoms with E-state index < -0.39 is 26.5 Å². The molecule has 78 heavy (non-hydrogen) atoms. The fraction of sp³-hybridized carbons (Fsp3) is 0.794. The van der Waals surface area contributed by atoms with E-state index in [9.17, 15) is 19.0 Å². The van der Waals surface area contributed by atoms with E-state index in [1.54, 1.807) is 0 Å². The fourth-order valence-corrected chi connectivity index (χ4v) is 9.94. The highest BCUT2D eigenvalue weighted by Gasteiger charge is 2.22. The van der Waals surface area contributed by atoms with Crippen molar-refractivity contribution in [3.8, 4) is 0 Å². The van der Waals surface area contributed by atoms with Gasteiger partial charge in [-0.2, -0.15) is 0 Å². The minimum Gasteiger partial charge on any atom is -0.756 e. The first kappa shape index (κ1) is 75.5. The number of likely N-dealkylation sites (N-methyl/N-ethyl adjacent to an activating group) is 1. The second kappa shape index (κ2) is 59.1. The van der Waals surface area contributed by atoms with Crippen LogP contribution in [0.2, 0.25) is 0 Å². The van der Waals surface area contributed by atoms with E-state index in [0.717, 1.165) is 77.0 Å². The summed E-state index contributed by atoms with van der Waals surface area (Å²) in [7, 11) is 1.15. The van der Waals surface area contributed by atoms with Crippen molar-refractivity contribution in [3.05, 3.63) is 72.9 Å². The number of phosphoric ester groups is 1. The first-order valence-electron chi connectivity index (χ1n) is 32.6. The highest BCUT2D eigenvalue weighted by molar-refractivity contribution is 7.45. The lowest BCUT2D eigenvalue weighted by atomic mass is 10.0. The van der Waals surface area contributed by atoms with E-state index in [1.807, 2.05) is 21.1 Å². The van der Waals surface area contributed by atoms with Crippen LogP contribution in [0.3, 0.4) is 0 Å². The molecule has 0 fully saturated rings. The molecule has 10 heteroatoms. The summed E-state index contributed by atoms with van der Waals surface area (Å²) < 4.78 is 34.2. The van der Waals surface area contributed by atoms with Gasteiger partial charge in [-0.25, -0.2) is 0 Å². The molecule has 0 aliphatic carbocycles. The van der Waals surface area contributed by atoms with E-state index >= 15 is 0 Å². The number of hydrogen-bond acceptors (Lipinski definition) is 8. The summed E-state index contributed by atoms with van der Waals surface area (Å²) in [5.41, 5.74) is 0. The highest BCUT2D eigenvalue weighted by Crippen LogP contribution is 2.38. The topological polar surface area (TPSA) is 111 Å². The maximum Gasteiger partial charge on any atom is 0.306 e. The third kappa shape index (κ3) is 62.6. The summed E-state index contributed by atoms with van der Waals surface area (Å²) in [5, 5.41) is 0. The number of ether oxygens (including phenoxy) is 2. The Labute approximate surface area is 482 Å². The molecule has 2 atom stereocenters. The molecule has 9 nitrogen and oxygen atoms in total. The molecule has 0 rings (SSSR count). The standard InChI is InChI=1S/C68H124NO8P/c1-6-8-10-12-14-16-18-20-22-24-25-26-27-28-29-30-31-32-33-34-35-36-37-38-39-40-41-42-43-45-46-48-50-52-54-56-58-60-67(70)74-64-66(65-76-78(72,73)75-63-62-69(3,4)5)77-68(71)61-59-57-55-53-51-49-47-44-23-21-19-17-15-13-11-9-7-2/h9,11,15,17-18,20-21,23-25,47,49,66H,6-8,10,12-14,16,19,22,26-46,48,50-65H2,1-5H3/b11-9-,17-15-,20-18-,23-21-,25-24-,49-47-. The van der Waals surface area contributed by atoms with Gasteiger partial charge in [-0.3, -0.25) is 14.2 Å². The van der Waals surface area contributed by atoms with Crippen molar-refractivity contribution < 1.29 is 42.1 Å². The summed E-state index contributed by atoms with van der Waals surface area (Å²) in [6.45, 7) is 4.11. The van der Waals surface area contributed by atoms with Crippen molar-refractivity contribution in [2.45, 2.75) is 302 Å². The maximum absolute atomic E-state index is 12.8. The molecular formula is C68H124NO8P. The van der Waals surface area contributed by atoms with Crippen LogP contribution < -0.4 is 4.89 Å². The van der Waals surface area contributed by atoms with Crippen LogP contribution >= 0.6 is 7.82 Å². The van der Waals surface area contributed by atoms with Crippen molar-refractivity contribution >= 4 is 19.8 Å². The lowest BCUT2D eigenvalue weighted by Crippen LogP contribution is -2.37. The summed E-state index contributed by atoms with van der Waals surface area (Å²) in [6, 6.07) is 0. The van der Waals surface area contributed by atoms with Gasteiger partial charge in [0.25, 0.3) is 7.82 Å². The van der Waals surface area contributed by atoms with Crippen LogP contribution in [0.25, 0.3) is 0 Å². The Morgan fingerprint density at radius 2 is 0.731 bits per heavy atom. The van der Waals surface area contributed by atoms with E-state index in [4.69, 9.17) is 18.5 Å². The fourth-order valence-electron chi connectivity index (χ4n) is 9.21. The molecule has 0 aromatic heterocycles. The molecule has 0 aromatic rings. The molecule has 0 saturated carbocycles. The highest BCUT2D eigenvalue weighted by atomic mass is 31.2. The van der Waals surface area contributed by atoms with Gasteiger partial charge in [0.2, 0.25) is 0 Å². The van der Waals surface area contributed by atoms with Crippen LogP contribution in [-0.4, -0.2) is 70.0 Å². The molecule has 0 bridgehead atoms. The second-order valence-electron chi connectivity index (χ2n) is 23.1. The SMILES string of the molecule is CC/C=C\C/C=C\C/C=C\C/C=C\CCCCCCC(=O)OC(COC(=O)CCCCCCCCCCCCCCCCCCCCCCCCCCC/C=C\C/C=C\CCCCCCC)COP(=O)([O-])OCC[N+](C)(C)C. The molecule has 0 aliphatic heterocycles. The van der Waals surface area contributed by atoms with Crippen LogP contribution in [-0.2, 0) is 32.7 Å². The van der Waals surface area contributed by atoms with Gasteiger partial charge in [0.15, 0.2) is 6.10 Å². The van der Waals surface area contributed by atoms with Crippen molar-refractivity contribution in [1.29, 1.82) is 0 Å². The Morgan fingerprint density at radius 3 is 1.09 bits per heavy atom. The van der Waals surface area contributed by atoms with E-state index in [1.165, 1.54) is 186 Å². The number of carbonyl (C=O) groups is 2. The van der Waals surface area contributed by atoms with Crippen molar-refractivity contribution in [2.75, 3.05) is 47.5 Å². The zero-order valence-corrected chi connectivity index (χ0v) is 52.5. The smallest absolute Gasteiger partial charge is 0.306 e. The van der Waals surface area contributed by atoms with Gasteiger partial charge in [-0.15, -0.1) is 0 Å². The van der Waals surface area contributed by atoms with Gasteiger partial charge < -0.3 is 27.9 Å². The van der Waals surface area contributed by atoms with Gasteiger partial charge in [0.1, 0.15) is 19.8 Å². The van der Waals surface area contributed by atoms with Crippen LogP contribution in [0.5, 0.6) is 0 Å². The second-order valence-corrected chi connectivity index (χ2v) is 24.5. The molecule has 0 aliphatic rings. The number of nitrogens with zero attached hydrogens (tertiary/aromatic N) is 1. The van der Waals surface area contributed by atoms with Crippen LogP contribution in [0.4, 0.5) is 0 Å². The van der Waals surface area contributed by atoms with Gasteiger partial charge >= 0.3 is 11.9 Å². The first-order chi connectivity index (χ1) is 38.0. The number of rotatable bonds is 60. The van der Waals surface area contributed by atoms with Gasteiger partial charge in [-0.05, 0) is 83.5 Å². The predicted molar refractivity (Wildman–Crippen MR) is 333 cm³/mol. The van der Waals surface area contributed by atoms with Crippen molar-refractivity contribution in [3.63, 3.8) is 0 Å². The Hall–Kier alpha value is -2.55. The van der Waals surface area contributed by atoms with Gasteiger partial charge in [0, 0.05) is 12.8 Å². The molecule has 2 unspecified atom stereocenters. The van der Waals surface area contributed by atoms with E-state index in [-0.39, 0.29) is 32.0 Å². The minimum atomic E-state index is -4.65. The Morgan fingerprint density at radius 1 is 0.410 bits per heavy atom. The molecule has 0 amide bonds. The average molecular weight is 1110 g/mol. The van der Waals surface area contributed by atoms with Crippen LogP contribution in [0.15, 0.2) is 72.9 Å². The number of allylic oxidation sites excluding steroid dienone is 12. The summed E-state index contributed by atoms with van der Waals surface area (Å²) >= 11 is 0. The zero-order valence-electron chi connectivity index (χ0n) is 51.6. The minimum absolute atomic E-state index is 0.0373. The normalized spacial score (nSPS) is 13.7. The van der Waals surface area contributed by atoms with Crippen LogP contribution in [0, 0.1) is 0 Å². The lowest BCUT2D eigenvalue weighted by Gasteiger charge is -2.28. The van der Waals surface area contributed by atoms with Crippen LogP contribution in [0.1, 0.15) is 296 Å². The molecule has 0 spiro atoms. The average Bonchev–Trinajstić information content (AvgIpc) is 3.40. The van der Waals surface area contributed by atoms with Gasteiger partial charge in [-0.1, -0.05) is 273 Å². The van der Waals surface area contributed by atoms with E-state index in [0.29, 0.717) is 17.4 Å². The monoisotopic (exact) mass is 1110 g/mol. The summed E-state index contributed by atoms with van der Waals surface area (Å²) in [5.74, 6) is -0.853. The predicted octanol–water partition coefficient (Wildman–Crippen LogP) is 20.2. The van der Waals surface area contributed by atoms with E-state index in [2.05, 4.69) is 86.8 Å². The number of quaternary nitrogens is 1. The molecular weight excluding hydrogens is 990 g/mol. The summed E-state index contributed by atoms with van der Waals surface area (Å²) in [6.07, 6.45) is 78.5. The Bertz CT molecular complexity index is 1550. The third-order valence-corrected chi connectivity index (χ3v) is 15.2. The lowest BCUT2D eigenvalue weighted by molar-refractivity contribution is -0.870. The zero-order chi connectivity index (χ0) is 57.0.